The zero-order chi connectivity index (χ0) is 22.5. The van der Waals surface area contributed by atoms with Gasteiger partial charge in [0.15, 0.2) is 5.82 Å². The number of aromatic nitrogens is 2. The van der Waals surface area contributed by atoms with Gasteiger partial charge in [0.25, 0.3) is 0 Å². The summed E-state index contributed by atoms with van der Waals surface area (Å²) in [5.74, 6) is 2.04. The van der Waals surface area contributed by atoms with Crippen molar-refractivity contribution in [1.82, 2.24) is 15.1 Å². The highest BCUT2D eigenvalue weighted by molar-refractivity contribution is 5.91. The number of piperazine rings is 1. The van der Waals surface area contributed by atoms with Gasteiger partial charge in [0.1, 0.15) is 11.5 Å². The molecule has 1 fully saturated rings. The molecular weight excluding hydrogens is 406 g/mol. The number of rotatable bonds is 5. The SMILES string of the molecule is COc1ccc(NC(=O)N2CCN(c3ccc(-c4ccc(C)cc4)nn3)CC2)c(OC)c1. The van der Waals surface area contributed by atoms with Crippen molar-refractivity contribution in [2.45, 2.75) is 6.92 Å². The van der Waals surface area contributed by atoms with E-state index >= 15 is 0 Å². The van der Waals surface area contributed by atoms with Gasteiger partial charge < -0.3 is 24.6 Å². The molecule has 2 amide bonds. The van der Waals surface area contributed by atoms with E-state index in [0.717, 1.165) is 17.1 Å². The lowest BCUT2D eigenvalue weighted by atomic mass is 10.1. The molecule has 8 nitrogen and oxygen atoms in total. The fourth-order valence-electron chi connectivity index (χ4n) is 3.61. The molecule has 2 aromatic carbocycles. The molecule has 0 bridgehead atoms. The highest BCUT2D eigenvalue weighted by atomic mass is 16.5. The van der Waals surface area contributed by atoms with E-state index in [-0.39, 0.29) is 6.03 Å². The number of carbonyl (C=O) groups is 1. The summed E-state index contributed by atoms with van der Waals surface area (Å²) >= 11 is 0. The summed E-state index contributed by atoms with van der Waals surface area (Å²) in [7, 11) is 3.15. The molecule has 8 heteroatoms. The van der Waals surface area contributed by atoms with Crippen LogP contribution in [0.1, 0.15) is 5.56 Å². The predicted octanol–water partition coefficient (Wildman–Crippen LogP) is 3.82. The maximum absolute atomic E-state index is 12.7. The number of urea groups is 1. The number of nitrogens with one attached hydrogen (secondary N) is 1. The number of amides is 2. The van der Waals surface area contributed by atoms with Gasteiger partial charge in [-0.25, -0.2) is 4.79 Å². The number of benzene rings is 2. The van der Waals surface area contributed by atoms with Gasteiger partial charge in [-0.2, -0.15) is 0 Å². The first-order valence-corrected chi connectivity index (χ1v) is 10.5. The van der Waals surface area contributed by atoms with Gasteiger partial charge in [-0.3, -0.25) is 0 Å². The van der Waals surface area contributed by atoms with Crippen LogP contribution in [0.3, 0.4) is 0 Å². The van der Waals surface area contributed by atoms with Crippen LogP contribution < -0.4 is 19.7 Å². The Kier molecular flexibility index (Phi) is 6.39. The Morgan fingerprint density at radius 3 is 2.28 bits per heavy atom. The third-order valence-electron chi connectivity index (χ3n) is 5.54. The molecule has 3 aromatic rings. The molecule has 1 saturated heterocycles. The van der Waals surface area contributed by atoms with Crippen LogP contribution in [0, 0.1) is 6.92 Å². The molecule has 2 heterocycles. The van der Waals surface area contributed by atoms with E-state index in [1.165, 1.54) is 5.56 Å². The second kappa shape index (κ2) is 9.55. The number of hydrogen-bond donors (Lipinski definition) is 1. The first-order chi connectivity index (χ1) is 15.6. The normalized spacial score (nSPS) is 13.6. The average molecular weight is 434 g/mol. The first-order valence-electron chi connectivity index (χ1n) is 10.5. The number of ether oxygens (including phenoxy) is 2. The second-order valence-electron chi connectivity index (χ2n) is 7.61. The smallest absolute Gasteiger partial charge is 0.322 e. The zero-order valence-electron chi connectivity index (χ0n) is 18.5. The third kappa shape index (κ3) is 4.74. The minimum absolute atomic E-state index is 0.158. The summed E-state index contributed by atoms with van der Waals surface area (Å²) in [5.41, 5.74) is 3.72. The number of methoxy groups -OCH3 is 2. The van der Waals surface area contributed by atoms with E-state index in [1.807, 2.05) is 24.3 Å². The Hall–Kier alpha value is -3.81. The van der Waals surface area contributed by atoms with E-state index in [9.17, 15) is 4.79 Å². The van der Waals surface area contributed by atoms with E-state index in [4.69, 9.17) is 9.47 Å². The lowest BCUT2D eigenvalue weighted by Gasteiger charge is -2.35. The van der Waals surface area contributed by atoms with Gasteiger partial charge in [-0.15, -0.1) is 10.2 Å². The predicted molar refractivity (Wildman–Crippen MR) is 125 cm³/mol. The number of carbonyl (C=O) groups excluding carboxylic acids is 1. The van der Waals surface area contributed by atoms with Crippen LogP contribution in [0.5, 0.6) is 11.5 Å². The van der Waals surface area contributed by atoms with Crippen LogP contribution in [0.15, 0.2) is 54.6 Å². The van der Waals surface area contributed by atoms with Crippen molar-refractivity contribution in [2.24, 2.45) is 0 Å². The largest absolute Gasteiger partial charge is 0.497 e. The molecule has 32 heavy (non-hydrogen) atoms. The molecule has 0 radical (unpaired) electrons. The summed E-state index contributed by atoms with van der Waals surface area (Å²) in [6.07, 6.45) is 0. The van der Waals surface area contributed by atoms with Gasteiger partial charge in [-0.1, -0.05) is 29.8 Å². The fraction of sp³-hybridized carbons (Fsp3) is 0.292. The second-order valence-corrected chi connectivity index (χ2v) is 7.61. The quantitative estimate of drug-likeness (QED) is 0.659. The van der Waals surface area contributed by atoms with Gasteiger partial charge in [0.2, 0.25) is 0 Å². The molecule has 1 N–H and O–H groups in total. The van der Waals surface area contributed by atoms with Crippen molar-refractivity contribution in [1.29, 1.82) is 0 Å². The number of anilines is 2. The summed E-state index contributed by atoms with van der Waals surface area (Å²) < 4.78 is 10.6. The maximum atomic E-state index is 12.7. The van der Waals surface area contributed by atoms with Crippen LogP contribution in [-0.2, 0) is 0 Å². The summed E-state index contributed by atoms with van der Waals surface area (Å²) in [6.45, 7) is 4.61. The topological polar surface area (TPSA) is 79.8 Å². The molecule has 1 aromatic heterocycles. The van der Waals surface area contributed by atoms with E-state index < -0.39 is 0 Å². The van der Waals surface area contributed by atoms with Crippen LogP contribution in [0.2, 0.25) is 0 Å². The summed E-state index contributed by atoms with van der Waals surface area (Å²) in [4.78, 5) is 16.7. The Labute approximate surface area is 187 Å². The van der Waals surface area contributed by atoms with Gasteiger partial charge in [0, 0.05) is 37.8 Å². The fourth-order valence-corrected chi connectivity index (χ4v) is 3.61. The molecule has 4 rings (SSSR count). The lowest BCUT2D eigenvalue weighted by molar-refractivity contribution is 0.208. The van der Waals surface area contributed by atoms with Gasteiger partial charge >= 0.3 is 6.03 Å². The van der Waals surface area contributed by atoms with Crippen LogP contribution in [-0.4, -0.2) is 61.5 Å². The molecule has 0 atom stereocenters. The zero-order valence-corrected chi connectivity index (χ0v) is 18.5. The molecule has 0 unspecified atom stereocenters. The molecule has 1 aliphatic heterocycles. The molecule has 1 aliphatic rings. The average Bonchev–Trinajstić information content (AvgIpc) is 2.85. The number of nitrogens with zero attached hydrogens (tertiary/aromatic N) is 4. The number of aryl methyl sites for hydroxylation is 1. The number of hydrogen-bond acceptors (Lipinski definition) is 6. The maximum Gasteiger partial charge on any atom is 0.322 e. The molecule has 166 valence electrons. The van der Waals surface area contributed by atoms with Crippen molar-refractivity contribution < 1.29 is 14.3 Å². The van der Waals surface area contributed by atoms with Crippen LogP contribution >= 0.6 is 0 Å². The van der Waals surface area contributed by atoms with Crippen molar-refractivity contribution in [3.8, 4) is 22.8 Å². The molecule has 0 spiro atoms. The first kappa shape index (κ1) is 21.4. The van der Waals surface area contributed by atoms with Crippen LogP contribution in [0.4, 0.5) is 16.3 Å². The Bertz CT molecular complexity index is 1060. The van der Waals surface area contributed by atoms with Crippen molar-refractivity contribution in [2.75, 3.05) is 50.6 Å². The Morgan fingerprint density at radius 2 is 1.66 bits per heavy atom. The molecular formula is C24H27N5O3. The van der Waals surface area contributed by atoms with Gasteiger partial charge in [0.05, 0.1) is 25.6 Å². The molecule has 0 saturated carbocycles. The van der Waals surface area contributed by atoms with E-state index in [1.54, 1.807) is 37.3 Å². The highest BCUT2D eigenvalue weighted by Crippen LogP contribution is 2.29. The Morgan fingerprint density at radius 1 is 0.906 bits per heavy atom. The summed E-state index contributed by atoms with van der Waals surface area (Å²) in [6, 6.07) is 17.4. The van der Waals surface area contributed by atoms with Crippen molar-refractivity contribution >= 4 is 17.5 Å². The van der Waals surface area contributed by atoms with E-state index in [0.29, 0.717) is 43.4 Å². The lowest BCUT2D eigenvalue weighted by Crippen LogP contribution is -2.50. The van der Waals surface area contributed by atoms with E-state index in [2.05, 4.69) is 39.5 Å². The minimum Gasteiger partial charge on any atom is -0.497 e. The van der Waals surface area contributed by atoms with Crippen molar-refractivity contribution in [3.63, 3.8) is 0 Å². The minimum atomic E-state index is -0.158. The standard InChI is InChI=1S/C24H27N5O3/c1-17-4-6-18(7-5-17)20-10-11-23(27-26-20)28-12-14-29(15-13-28)24(30)25-21-9-8-19(31-2)16-22(21)32-3/h4-11,16H,12-15H2,1-3H3,(H,25,30). The Balaban J connectivity index is 1.35. The summed E-state index contributed by atoms with van der Waals surface area (Å²) in [5, 5.41) is 11.7. The van der Waals surface area contributed by atoms with Crippen molar-refractivity contribution in [3.05, 3.63) is 60.2 Å². The third-order valence-corrected chi connectivity index (χ3v) is 5.54. The van der Waals surface area contributed by atoms with Crippen LogP contribution in [0.25, 0.3) is 11.3 Å². The monoisotopic (exact) mass is 433 g/mol. The highest BCUT2D eigenvalue weighted by Gasteiger charge is 2.23. The molecule has 0 aliphatic carbocycles. The van der Waals surface area contributed by atoms with Gasteiger partial charge in [-0.05, 0) is 31.2 Å².